The van der Waals surface area contributed by atoms with Gasteiger partial charge in [-0.25, -0.2) is 9.59 Å². The van der Waals surface area contributed by atoms with Gasteiger partial charge in [-0.1, -0.05) is 0 Å². The second-order valence-corrected chi connectivity index (χ2v) is 6.20. The van der Waals surface area contributed by atoms with Crippen LogP contribution in [0.15, 0.2) is 58.0 Å². The Morgan fingerprint density at radius 2 is 1.59 bits per heavy atom. The molecule has 0 saturated heterocycles. The predicted octanol–water partition coefficient (Wildman–Crippen LogP) is 3.61. The number of rotatable bonds is 8. The van der Waals surface area contributed by atoms with Crippen molar-refractivity contribution in [3.8, 4) is 11.3 Å². The molecule has 2 aromatic carbocycles. The Hall–Kier alpha value is -5.07. The maximum Gasteiger partial charge on any atom is 0.335 e. The van der Waals surface area contributed by atoms with E-state index in [0.717, 1.165) is 30.5 Å². The number of hydrogen-bond donors (Lipinski definition) is 3. The van der Waals surface area contributed by atoms with Gasteiger partial charge in [-0.15, -0.1) is 0 Å². The summed E-state index contributed by atoms with van der Waals surface area (Å²) in [6.07, 6.45) is 1.16. The van der Waals surface area contributed by atoms with Crippen molar-refractivity contribution in [3.63, 3.8) is 0 Å². The number of non-ortho nitro benzene ring substituents is 1. The Morgan fingerprint density at radius 3 is 2.16 bits per heavy atom. The minimum absolute atomic E-state index is 0.0936. The number of nitrogens with one attached hydrogen (secondary N) is 1. The molecule has 0 aliphatic carbocycles. The lowest BCUT2D eigenvalue weighted by atomic mass is 10.0. The van der Waals surface area contributed by atoms with Crippen molar-refractivity contribution < 1.29 is 34.1 Å². The fourth-order valence-corrected chi connectivity index (χ4v) is 2.64. The first-order valence-electron chi connectivity index (χ1n) is 8.59. The topological polar surface area (TPSA) is 198 Å². The van der Waals surface area contributed by atoms with E-state index >= 15 is 0 Å². The molecule has 1 aromatic heterocycles. The van der Waals surface area contributed by atoms with E-state index in [2.05, 4.69) is 10.5 Å². The van der Waals surface area contributed by atoms with Gasteiger partial charge in [-0.2, -0.15) is 5.10 Å². The monoisotopic (exact) mass is 440 g/mol. The highest BCUT2D eigenvalue weighted by Crippen LogP contribution is 2.29. The van der Waals surface area contributed by atoms with Crippen molar-refractivity contribution in [1.29, 1.82) is 0 Å². The Balaban J connectivity index is 1.83. The van der Waals surface area contributed by atoms with E-state index in [4.69, 9.17) is 14.6 Å². The summed E-state index contributed by atoms with van der Waals surface area (Å²) in [6.45, 7) is 0. The van der Waals surface area contributed by atoms with Crippen LogP contribution in [0.2, 0.25) is 0 Å². The average Bonchev–Trinajstić information content (AvgIpc) is 3.22. The van der Waals surface area contributed by atoms with Crippen molar-refractivity contribution in [2.45, 2.75) is 0 Å². The zero-order chi connectivity index (χ0) is 23.4. The van der Waals surface area contributed by atoms with E-state index in [-0.39, 0.29) is 33.9 Å². The Labute approximate surface area is 177 Å². The van der Waals surface area contributed by atoms with Crippen LogP contribution in [0.25, 0.3) is 11.3 Å². The summed E-state index contributed by atoms with van der Waals surface area (Å²) in [5, 5.41) is 44.0. The number of hydrazone groups is 1. The number of carbonyl (C=O) groups is 2. The van der Waals surface area contributed by atoms with Crippen LogP contribution < -0.4 is 5.43 Å². The summed E-state index contributed by atoms with van der Waals surface area (Å²) in [5.41, 5.74) is 1.03. The highest BCUT2D eigenvalue weighted by Gasteiger charge is 2.19. The largest absolute Gasteiger partial charge is 0.478 e. The third-order valence-corrected chi connectivity index (χ3v) is 4.10. The van der Waals surface area contributed by atoms with Crippen LogP contribution in [0.3, 0.4) is 0 Å². The number of carboxylic acid groups (broad SMARTS) is 2. The Kier molecular flexibility index (Phi) is 5.91. The number of anilines is 1. The minimum Gasteiger partial charge on any atom is -0.478 e. The van der Waals surface area contributed by atoms with Crippen molar-refractivity contribution >= 4 is 35.2 Å². The van der Waals surface area contributed by atoms with E-state index in [1.807, 2.05) is 0 Å². The van der Waals surface area contributed by atoms with Gasteiger partial charge in [-0.3, -0.25) is 25.7 Å². The van der Waals surface area contributed by atoms with Crippen LogP contribution in [0, 0.1) is 20.2 Å². The molecule has 0 spiro atoms. The molecule has 0 aliphatic heterocycles. The van der Waals surface area contributed by atoms with Gasteiger partial charge in [0.15, 0.2) is 0 Å². The molecule has 0 radical (unpaired) electrons. The van der Waals surface area contributed by atoms with Crippen LogP contribution in [-0.4, -0.2) is 38.2 Å². The number of hydrogen-bond acceptors (Lipinski definition) is 9. The zero-order valence-electron chi connectivity index (χ0n) is 15.8. The van der Waals surface area contributed by atoms with Gasteiger partial charge in [-0.05, 0) is 36.4 Å². The third kappa shape index (κ3) is 4.73. The van der Waals surface area contributed by atoms with Crippen molar-refractivity contribution in [3.05, 3.63) is 85.6 Å². The van der Waals surface area contributed by atoms with Crippen LogP contribution in [0.4, 0.5) is 17.1 Å². The summed E-state index contributed by atoms with van der Waals surface area (Å²) < 4.78 is 5.51. The highest BCUT2D eigenvalue weighted by atomic mass is 16.6. The lowest BCUT2D eigenvalue weighted by Crippen LogP contribution is -2.02. The number of carboxylic acids is 2. The molecule has 0 atom stereocenters. The van der Waals surface area contributed by atoms with Crippen LogP contribution in [0.1, 0.15) is 26.5 Å². The smallest absolute Gasteiger partial charge is 0.335 e. The SMILES string of the molecule is O=C(O)c1cc(C(=O)O)cc(-c2ccc(/C=N\Nc3ccc([N+](=O)[O-])cc3[N+](=O)[O-])o2)c1. The van der Waals surface area contributed by atoms with Crippen molar-refractivity contribution in [2.24, 2.45) is 5.10 Å². The number of nitro groups is 2. The molecule has 3 aromatic rings. The van der Waals surface area contributed by atoms with Crippen molar-refractivity contribution in [2.75, 3.05) is 5.43 Å². The molecule has 13 nitrogen and oxygen atoms in total. The molecule has 3 N–H and O–H groups in total. The predicted molar refractivity (Wildman–Crippen MR) is 109 cm³/mol. The maximum absolute atomic E-state index is 11.2. The lowest BCUT2D eigenvalue weighted by molar-refractivity contribution is -0.393. The second kappa shape index (κ2) is 8.74. The van der Waals surface area contributed by atoms with Gasteiger partial charge in [0.1, 0.15) is 17.2 Å². The molecule has 32 heavy (non-hydrogen) atoms. The first kappa shape index (κ1) is 21.6. The van der Waals surface area contributed by atoms with E-state index in [9.17, 15) is 29.8 Å². The van der Waals surface area contributed by atoms with Gasteiger partial charge in [0.05, 0.1) is 33.3 Å². The number of nitrogens with zero attached hydrogens (tertiary/aromatic N) is 3. The fourth-order valence-electron chi connectivity index (χ4n) is 2.64. The first-order chi connectivity index (χ1) is 15.2. The number of nitro benzene ring substituents is 2. The summed E-state index contributed by atoms with van der Waals surface area (Å²) in [6, 6.07) is 9.41. The zero-order valence-corrected chi connectivity index (χ0v) is 15.8. The molecule has 0 fully saturated rings. The fraction of sp³-hybridized carbons (Fsp3) is 0. The van der Waals surface area contributed by atoms with Gasteiger partial charge >= 0.3 is 17.6 Å². The average molecular weight is 440 g/mol. The van der Waals surface area contributed by atoms with E-state index < -0.39 is 33.2 Å². The molecule has 0 amide bonds. The molecule has 3 rings (SSSR count). The van der Waals surface area contributed by atoms with E-state index in [0.29, 0.717) is 0 Å². The molecule has 0 saturated carbocycles. The van der Waals surface area contributed by atoms with Gasteiger partial charge in [0.2, 0.25) is 0 Å². The second-order valence-electron chi connectivity index (χ2n) is 6.20. The van der Waals surface area contributed by atoms with E-state index in [1.165, 1.54) is 24.3 Å². The highest BCUT2D eigenvalue weighted by molar-refractivity contribution is 5.96. The molecule has 0 unspecified atom stereocenters. The third-order valence-electron chi connectivity index (χ3n) is 4.10. The number of aromatic carboxylic acids is 2. The summed E-state index contributed by atoms with van der Waals surface area (Å²) in [7, 11) is 0. The van der Waals surface area contributed by atoms with Crippen LogP contribution in [-0.2, 0) is 0 Å². The standard InChI is InChI=1S/C19H12N4O9/c24-18(25)11-5-10(6-12(7-11)19(26)27)17-4-2-14(32-17)9-20-21-15-3-1-13(22(28)29)8-16(15)23(30)31/h1-9,21H,(H,24,25)(H,26,27)/b20-9-. The lowest BCUT2D eigenvalue weighted by Gasteiger charge is -2.03. The number of benzene rings is 2. The molecule has 13 heteroatoms. The summed E-state index contributed by atoms with van der Waals surface area (Å²) in [5.74, 6) is -2.29. The summed E-state index contributed by atoms with van der Waals surface area (Å²) >= 11 is 0. The summed E-state index contributed by atoms with van der Waals surface area (Å²) in [4.78, 5) is 42.8. The van der Waals surface area contributed by atoms with E-state index in [1.54, 1.807) is 0 Å². The van der Waals surface area contributed by atoms with Crippen LogP contribution >= 0.6 is 0 Å². The first-order valence-corrected chi connectivity index (χ1v) is 8.59. The molecule has 0 bridgehead atoms. The Bertz CT molecular complexity index is 1250. The van der Waals surface area contributed by atoms with Gasteiger partial charge in [0, 0.05) is 11.6 Å². The quantitative estimate of drug-likeness (QED) is 0.264. The normalized spacial score (nSPS) is 10.8. The molecule has 1 heterocycles. The molecular weight excluding hydrogens is 428 g/mol. The van der Waals surface area contributed by atoms with Gasteiger partial charge in [0.25, 0.3) is 5.69 Å². The van der Waals surface area contributed by atoms with Crippen molar-refractivity contribution in [1.82, 2.24) is 0 Å². The van der Waals surface area contributed by atoms with Gasteiger partial charge < -0.3 is 14.6 Å². The molecular formula is C19H12N4O9. The minimum atomic E-state index is -1.31. The molecule has 162 valence electrons. The maximum atomic E-state index is 11.2. The van der Waals surface area contributed by atoms with Crippen LogP contribution in [0.5, 0.6) is 0 Å². The number of furan rings is 1. The Morgan fingerprint density at radius 1 is 0.938 bits per heavy atom. The molecule has 0 aliphatic rings.